The number of nitriles is 1. The van der Waals surface area contributed by atoms with Crippen molar-refractivity contribution in [3.05, 3.63) is 112 Å². The SMILES string of the molecule is CCc1ccc(N2C(=O)C(Cc3ccc(C)cc3)S/C2=C(/C#N)C(=O)NC(C)c2ccccc2)cc1. The van der Waals surface area contributed by atoms with Crippen LogP contribution in [0.2, 0.25) is 0 Å². The van der Waals surface area contributed by atoms with Crippen LogP contribution >= 0.6 is 11.8 Å². The van der Waals surface area contributed by atoms with Gasteiger partial charge in [0.1, 0.15) is 16.7 Å². The van der Waals surface area contributed by atoms with Crippen molar-refractivity contribution in [1.82, 2.24) is 5.32 Å². The molecule has 1 heterocycles. The van der Waals surface area contributed by atoms with Crippen LogP contribution in [0.1, 0.15) is 42.1 Å². The molecule has 0 spiro atoms. The number of benzene rings is 3. The number of hydrogen-bond acceptors (Lipinski definition) is 4. The number of thioether (sulfide) groups is 1. The van der Waals surface area contributed by atoms with Gasteiger partial charge in [0, 0.05) is 5.69 Å². The van der Waals surface area contributed by atoms with E-state index in [9.17, 15) is 14.9 Å². The third kappa shape index (κ3) is 5.53. The molecule has 2 atom stereocenters. The van der Waals surface area contributed by atoms with Crippen LogP contribution in [0, 0.1) is 18.3 Å². The van der Waals surface area contributed by atoms with Crippen molar-refractivity contribution in [2.75, 3.05) is 4.90 Å². The van der Waals surface area contributed by atoms with Gasteiger partial charge in [0.15, 0.2) is 0 Å². The molecule has 2 amide bonds. The molecule has 5 nitrogen and oxygen atoms in total. The summed E-state index contributed by atoms with van der Waals surface area (Å²) in [7, 11) is 0. The molecule has 1 saturated heterocycles. The highest BCUT2D eigenvalue weighted by Crippen LogP contribution is 2.42. The molecule has 1 aliphatic rings. The van der Waals surface area contributed by atoms with Crippen molar-refractivity contribution in [3.63, 3.8) is 0 Å². The zero-order valence-electron chi connectivity index (χ0n) is 20.7. The van der Waals surface area contributed by atoms with Crippen molar-refractivity contribution >= 4 is 29.3 Å². The third-order valence-corrected chi connectivity index (χ3v) is 7.56. The van der Waals surface area contributed by atoms with Crippen LogP contribution in [-0.2, 0) is 22.4 Å². The van der Waals surface area contributed by atoms with Gasteiger partial charge in [0.05, 0.1) is 11.3 Å². The second kappa shape index (κ2) is 11.3. The Kier molecular flexibility index (Phi) is 7.92. The van der Waals surface area contributed by atoms with Crippen LogP contribution in [0.4, 0.5) is 5.69 Å². The predicted octanol–water partition coefficient (Wildman–Crippen LogP) is 5.86. The topological polar surface area (TPSA) is 73.2 Å². The number of carbonyl (C=O) groups excluding carboxylic acids is 2. The van der Waals surface area contributed by atoms with Crippen LogP contribution in [0.3, 0.4) is 0 Å². The van der Waals surface area contributed by atoms with Gasteiger partial charge in [-0.15, -0.1) is 0 Å². The average molecular weight is 496 g/mol. The maximum absolute atomic E-state index is 13.7. The van der Waals surface area contributed by atoms with E-state index in [1.54, 1.807) is 0 Å². The second-order valence-corrected chi connectivity index (χ2v) is 10.1. The molecule has 0 radical (unpaired) electrons. The monoisotopic (exact) mass is 495 g/mol. The lowest BCUT2D eigenvalue weighted by Gasteiger charge is -2.20. The van der Waals surface area contributed by atoms with Crippen molar-refractivity contribution in [2.45, 2.75) is 44.9 Å². The Morgan fingerprint density at radius 1 is 1.03 bits per heavy atom. The number of amides is 2. The molecule has 36 heavy (non-hydrogen) atoms. The lowest BCUT2D eigenvalue weighted by molar-refractivity contribution is -0.117. The minimum absolute atomic E-state index is 0.0536. The maximum Gasteiger partial charge on any atom is 0.265 e. The normalized spacial score (nSPS) is 17.4. The molecular formula is C30H29N3O2S. The van der Waals surface area contributed by atoms with Crippen LogP contribution in [-0.4, -0.2) is 17.1 Å². The van der Waals surface area contributed by atoms with Crippen LogP contribution in [0.15, 0.2) is 89.5 Å². The Balaban J connectivity index is 1.69. The second-order valence-electron chi connectivity index (χ2n) is 8.89. The summed E-state index contributed by atoms with van der Waals surface area (Å²) in [6.07, 6.45) is 1.39. The van der Waals surface area contributed by atoms with Crippen LogP contribution in [0.5, 0.6) is 0 Å². The van der Waals surface area contributed by atoms with E-state index in [1.165, 1.54) is 16.7 Å². The number of nitrogens with one attached hydrogen (secondary N) is 1. The largest absolute Gasteiger partial charge is 0.345 e. The van der Waals surface area contributed by atoms with Gasteiger partial charge in [0.2, 0.25) is 5.91 Å². The number of rotatable bonds is 7. The fourth-order valence-corrected chi connectivity index (χ4v) is 5.44. The highest BCUT2D eigenvalue weighted by atomic mass is 32.2. The van der Waals surface area contributed by atoms with Crippen LogP contribution < -0.4 is 10.2 Å². The average Bonchev–Trinajstić information content (AvgIpc) is 3.21. The van der Waals surface area contributed by atoms with Gasteiger partial charge >= 0.3 is 0 Å². The fourth-order valence-electron chi connectivity index (χ4n) is 4.13. The quantitative estimate of drug-likeness (QED) is 0.329. The zero-order chi connectivity index (χ0) is 25.7. The molecule has 3 aromatic rings. The molecule has 0 aromatic heterocycles. The minimum Gasteiger partial charge on any atom is -0.345 e. The molecule has 182 valence electrons. The Labute approximate surface area is 216 Å². The summed E-state index contributed by atoms with van der Waals surface area (Å²) in [5, 5.41) is 12.9. The molecule has 0 saturated carbocycles. The van der Waals surface area contributed by atoms with E-state index in [1.807, 2.05) is 92.7 Å². The van der Waals surface area contributed by atoms with Crippen molar-refractivity contribution < 1.29 is 9.59 Å². The molecule has 0 bridgehead atoms. The lowest BCUT2D eigenvalue weighted by atomic mass is 10.1. The highest BCUT2D eigenvalue weighted by Gasteiger charge is 2.41. The van der Waals surface area contributed by atoms with Crippen molar-refractivity contribution in [2.24, 2.45) is 0 Å². The van der Waals surface area contributed by atoms with E-state index >= 15 is 0 Å². The van der Waals surface area contributed by atoms with E-state index in [2.05, 4.69) is 18.3 Å². The third-order valence-electron chi connectivity index (χ3n) is 6.30. The lowest BCUT2D eigenvalue weighted by Crippen LogP contribution is -2.32. The summed E-state index contributed by atoms with van der Waals surface area (Å²) in [5.41, 5.74) is 4.88. The number of aryl methyl sites for hydroxylation is 2. The van der Waals surface area contributed by atoms with E-state index in [4.69, 9.17) is 0 Å². The van der Waals surface area contributed by atoms with E-state index in [0.29, 0.717) is 17.1 Å². The molecule has 2 unspecified atom stereocenters. The summed E-state index contributed by atoms with van der Waals surface area (Å²) in [4.78, 5) is 28.5. The summed E-state index contributed by atoms with van der Waals surface area (Å²) < 4.78 is 0. The first-order valence-corrected chi connectivity index (χ1v) is 12.9. The maximum atomic E-state index is 13.7. The first kappa shape index (κ1) is 25.3. The van der Waals surface area contributed by atoms with Gasteiger partial charge in [-0.25, -0.2) is 0 Å². The molecule has 1 N–H and O–H groups in total. The zero-order valence-corrected chi connectivity index (χ0v) is 21.5. The smallest absolute Gasteiger partial charge is 0.265 e. The first-order valence-electron chi connectivity index (χ1n) is 12.1. The Morgan fingerprint density at radius 2 is 1.67 bits per heavy atom. The van der Waals surface area contributed by atoms with Crippen molar-refractivity contribution in [3.8, 4) is 6.07 Å². The summed E-state index contributed by atoms with van der Waals surface area (Å²) in [6.45, 7) is 5.97. The number of hydrogen-bond donors (Lipinski definition) is 1. The van der Waals surface area contributed by atoms with Crippen LogP contribution in [0.25, 0.3) is 0 Å². The molecule has 6 heteroatoms. The standard InChI is InChI=1S/C30H29N3O2S/c1-4-22-14-16-25(17-15-22)33-29(35)27(18-23-12-10-20(2)11-13-23)36-30(33)26(19-31)28(34)32-21(3)24-8-6-5-7-9-24/h5-17,21,27H,4,18H2,1-3H3,(H,32,34)/b30-26-. The van der Waals surface area contributed by atoms with E-state index in [-0.39, 0.29) is 17.5 Å². The van der Waals surface area contributed by atoms with E-state index < -0.39 is 11.2 Å². The molecular weight excluding hydrogens is 466 g/mol. The van der Waals surface area contributed by atoms with E-state index in [0.717, 1.165) is 28.7 Å². The summed E-state index contributed by atoms with van der Waals surface area (Å²) in [5.74, 6) is -0.619. The number of nitrogens with zero attached hydrogens (tertiary/aromatic N) is 2. The predicted molar refractivity (Wildman–Crippen MR) is 145 cm³/mol. The van der Waals surface area contributed by atoms with Gasteiger partial charge in [-0.1, -0.05) is 91.0 Å². The molecule has 1 fully saturated rings. The minimum atomic E-state index is -0.490. The molecule has 3 aromatic carbocycles. The van der Waals surface area contributed by atoms with Gasteiger partial charge in [-0.3, -0.25) is 14.5 Å². The molecule has 0 aliphatic carbocycles. The number of anilines is 1. The van der Waals surface area contributed by atoms with Gasteiger partial charge < -0.3 is 5.32 Å². The number of carbonyl (C=O) groups is 2. The first-order chi connectivity index (χ1) is 17.4. The van der Waals surface area contributed by atoms with Crippen molar-refractivity contribution in [1.29, 1.82) is 5.26 Å². The Bertz CT molecular complexity index is 1310. The summed E-state index contributed by atoms with van der Waals surface area (Å²) >= 11 is 1.29. The van der Waals surface area contributed by atoms with Gasteiger partial charge in [-0.05, 0) is 55.5 Å². The fraction of sp³-hybridized carbons (Fsp3) is 0.233. The molecule has 1 aliphatic heterocycles. The van der Waals surface area contributed by atoms with Gasteiger partial charge in [0.25, 0.3) is 5.91 Å². The Hall–Kier alpha value is -3.82. The van der Waals surface area contributed by atoms with Gasteiger partial charge in [-0.2, -0.15) is 5.26 Å². The highest BCUT2D eigenvalue weighted by molar-refractivity contribution is 8.05. The summed E-state index contributed by atoms with van der Waals surface area (Å²) in [6, 6.07) is 27.2. The molecule has 4 rings (SSSR count). The Morgan fingerprint density at radius 3 is 2.28 bits per heavy atom.